The second-order valence-electron chi connectivity index (χ2n) is 4.68. The van der Waals surface area contributed by atoms with Crippen molar-refractivity contribution in [2.75, 3.05) is 13.2 Å². The molecule has 1 aliphatic rings. The predicted molar refractivity (Wildman–Crippen MR) is 82.2 cm³/mol. The zero-order valence-corrected chi connectivity index (χ0v) is 12.4. The largest absolute Gasteiger partial charge is 0.450 e. The Balaban J connectivity index is 1.88. The summed E-state index contributed by atoms with van der Waals surface area (Å²) in [7, 11) is 0. The fraction of sp³-hybridized carbons (Fsp3) is 0.312. The Morgan fingerprint density at radius 3 is 2.86 bits per heavy atom. The van der Waals surface area contributed by atoms with Crippen molar-refractivity contribution in [2.45, 2.75) is 19.8 Å². The highest BCUT2D eigenvalue weighted by molar-refractivity contribution is 6.08. The molecule has 116 valence electrons. The molecule has 0 bridgehead atoms. The first-order valence-electron chi connectivity index (χ1n) is 7.16. The molecule has 1 heterocycles. The minimum atomic E-state index is -0.548. The molecule has 0 radical (unpaired) electrons. The van der Waals surface area contributed by atoms with Crippen molar-refractivity contribution in [2.24, 2.45) is 4.99 Å². The number of rotatable bonds is 6. The first kappa shape index (κ1) is 15.8. The molecule has 0 saturated carbocycles. The lowest BCUT2D eigenvalue weighted by atomic mass is 10.2. The number of alkyl carbamates (subject to hydrolysis) is 1. The van der Waals surface area contributed by atoms with Crippen molar-refractivity contribution >= 4 is 24.0 Å². The van der Waals surface area contributed by atoms with Crippen LogP contribution in [-0.4, -0.2) is 31.1 Å². The molecule has 0 fully saturated rings. The number of esters is 1. The van der Waals surface area contributed by atoms with Gasteiger partial charge in [-0.3, -0.25) is 0 Å². The van der Waals surface area contributed by atoms with Gasteiger partial charge in [0.15, 0.2) is 5.70 Å². The molecule has 0 aliphatic carbocycles. The van der Waals surface area contributed by atoms with E-state index in [1.807, 2.05) is 37.3 Å². The van der Waals surface area contributed by atoms with E-state index in [1.165, 1.54) is 0 Å². The van der Waals surface area contributed by atoms with Crippen LogP contribution in [0.25, 0.3) is 6.08 Å². The van der Waals surface area contributed by atoms with Crippen LogP contribution < -0.4 is 5.32 Å². The van der Waals surface area contributed by atoms with Crippen LogP contribution in [0.2, 0.25) is 0 Å². The highest BCUT2D eigenvalue weighted by Crippen LogP contribution is 2.14. The summed E-state index contributed by atoms with van der Waals surface area (Å²) in [5.41, 5.74) is 1.06. The molecule has 0 saturated heterocycles. The van der Waals surface area contributed by atoms with Gasteiger partial charge in [0.05, 0.1) is 13.2 Å². The minimum Gasteiger partial charge on any atom is -0.450 e. The van der Waals surface area contributed by atoms with Crippen LogP contribution >= 0.6 is 0 Å². The number of carbonyl (C=O) groups is 2. The van der Waals surface area contributed by atoms with E-state index in [9.17, 15) is 9.59 Å². The highest BCUT2D eigenvalue weighted by atomic mass is 16.6. The van der Waals surface area contributed by atoms with Crippen LogP contribution in [0.5, 0.6) is 0 Å². The van der Waals surface area contributed by atoms with Crippen LogP contribution in [0.15, 0.2) is 41.0 Å². The van der Waals surface area contributed by atoms with Crippen molar-refractivity contribution in [3.63, 3.8) is 0 Å². The van der Waals surface area contributed by atoms with Gasteiger partial charge in [-0.15, -0.1) is 0 Å². The van der Waals surface area contributed by atoms with Gasteiger partial charge >= 0.3 is 12.1 Å². The standard InChI is InChI=1S/C16H18N2O4/c1-2-3-9-21-16(20)17-11-14-18-13(15(19)22-14)10-12-7-5-4-6-8-12/h4-8,10H,2-3,9,11H2,1H3,(H,17,20). The number of nitrogens with one attached hydrogen (secondary N) is 1. The summed E-state index contributed by atoms with van der Waals surface area (Å²) in [5.74, 6) is -0.375. The second kappa shape index (κ2) is 7.97. The monoisotopic (exact) mass is 302 g/mol. The Morgan fingerprint density at radius 1 is 1.36 bits per heavy atom. The maximum atomic E-state index is 11.7. The van der Waals surface area contributed by atoms with Gasteiger partial charge < -0.3 is 14.8 Å². The number of ether oxygens (including phenoxy) is 2. The van der Waals surface area contributed by atoms with Gasteiger partial charge in [-0.2, -0.15) is 0 Å². The lowest BCUT2D eigenvalue weighted by Gasteiger charge is -2.05. The number of benzene rings is 1. The van der Waals surface area contributed by atoms with Gasteiger partial charge in [0.2, 0.25) is 5.90 Å². The molecular formula is C16H18N2O4. The van der Waals surface area contributed by atoms with Crippen molar-refractivity contribution < 1.29 is 19.1 Å². The average molecular weight is 302 g/mol. The van der Waals surface area contributed by atoms with Gasteiger partial charge in [-0.1, -0.05) is 43.7 Å². The Labute approximate surface area is 128 Å². The number of cyclic esters (lactones) is 1. The fourth-order valence-corrected chi connectivity index (χ4v) is 1.74. The third kappa shape index (κ3) is 4.73. The third-order valence-electron chi connectivity index (χ3n) is 2.88. The van der Waals surface area contributed by atoms with Gasteiger partial charge in [-0.25, -0.2) is 14.6 Å². The van der Waals surface area contributed by atoms with E-state index >= 15 is 0 Å². The zero-order valence-electron chi connectivity index (χ0n) is 12.4. The van der Waals surface area contributed by atoms with Crippen LogP contribution in [0.4, 0.5) is 4.79 Å². The molecule has 1 amide bonds. The zero-order chi connectivity index (χ0) is 15.8. The maximum Gasteiger partial charge on any atom is 0.407 e. The second-order valence-corrected chi connectivity index (χ2v) is 4.68. The lowest BCUT2D eigenvalue weighted by molar-refractivity contribution is -0.130. The summed E-state index contributed by atoms with van der Waals surface area (Å²) >= 11 is 0. The Bertz CT molecular complexity index is 593. The summed E-state index contributed by atoms with van der Waals surface area (Å²) in [6.45, 7) is 2.39. The van der Waals surface area contributed by atoms with E-state index in [-0.39, 0.29) is 18.1 Å². The van der Waals surface area contributed by atoms with E-state index in [4.69, 9.17) is 9.47 Å². The predicted octanol–water partition coefficient (Wildman–Crippen LogP) is 2.51. The highest BCUT2D eigenvalue weighted by Gasteiger charge is 2.23. The summed E-state index contributed by atoms with van der Waals surface area (Å²) in [6, 6.07) is 9.34. The molecule has 6 heteroatoms. The lowest BCUT2D eigenvalue weighted by Crippen LogP contribution is -2.30. The molecule has 0 aromatic heterocycles. The number of amides is 1. The molecule has 1 aromatic rings. The molecule has 22 heavy (non-hydrogen) atoms. The first-order valence-corrected chi connectivity index (χ1v) is 7.16. The number of nitrogens with zero attached hydrogens (tertiary/aromatic N) is 1. The quantitative estimate of drug-likeness (QED) is 0.497. The third-order valence-corrected chi connectivity index (χ3v) is 2.88. The summed E-state index contributed by atoms with van der Waals surface area (Å²) in [4.78, 5) is 27.1. The van der Waals surface area contributed by atoms with Crippen molar-refractivity contribution in [3.8, 4) is 0 Å². The van der Waals surface area contributed by atoms with Gasteiger partial charge in [0, 0.05) is 0 Å². The maximum absolute atomic E-state index is 11.7. The number of aliphatic imine (C=N–C) groups is 1. The van der Waals surface area contributed by atoms with Gasteiger partial charge in [-0.05, 0) is 18.1 Å². The minimum absolute atomic E-state index is 0.0167. The molecule has 6 nitrogen and oxygen atoms in total. The van der Waals surface area contributed by atoms with Crippen LogP contribution in [0, 0.1) is 0 Å². The van der Waals surface area contributed by atoms with E-state index in [1.54, 1.807) is 6.08 Å². The Hall–Kier alpha value is -2.63. The fourth-order valence-electron chi connectivity index (χ4n) is 1.74. The average Bonchev–Trinajstić information content (AvgIpc) is 2.87. The molecule has 1 aromatic carbocycles. The molecule has 2 rings (SSSR count). The number of hydrogen-bond acceptors (Lipinski definition) is 5. The van der Waals surface area contributed by atoms with E-state index in [2.05, 4.69) is 10.3 Å². The Kier molecular flexibility index (Phi) is 5.71. The number of unbranched alkanes of at least 4 members (excludes halogenated alkanes) is 1. The van der Waals surface area contributed by atoms with Crippen molar-refractivity contribution in [3.05, 3.63) is 41.6 Å². The van der Waals surface area contributed by atoms with Crippen LogP contribution in [0.3, 0.4) is 0 Å². The first-order chi connectivity index (χ1) is 10.7. The molecule has 1 aliphatic heterocycles. The molecule has 1 N–H and O–H groups in total. The molecular weight excluding hydrogens is 284 g/mol. The normalized spacial score (nSPS) is 15.4. The summed E-state index contributed by atoms with van der Waals surface area (Å²) in [5, 5.41) is 2.49. The van der Waals surface area contributed by atoms with E-state index in [0.717, 1.165) is 18.4 Å². The van der Waals surface area contributed by atoms with Crippen LogP contribution in [-0.2, 0) is 14.3 Å². The summed E-state index contributed by atoms with van der Waals surface area (Å²) in [6.07, 6.45) is 2.85. The SMILES string of the molecule is CCCCOC(=O)NCC1=NC(=Cc2ccccc2)C(=O)O1. The van der Waals surface area contributed by atoms with Crippen LogP contribution in [0.1, 0.15) is 25.3 Å². The van der Waals surface area contributed by atoms with Crippen molar-refractivity contribution in [1.82, 2.24) is 5.32 Å². The summed E-state index contributed by atoms with van der Waals surface area (Å²) < 4.78 is 9.93. The Morgan fingerprint density at radius 2 is 2.14 bits per heavy atom. The number of carbonyl (C=O) groups excluding carboxylic acids is 2. The molecule has 0 spiro atoms. The topological polar surface area (TPSA) is 77.0 Å². The number of hydrogen-bond donors (Lipinski definition) is 1. The van der Waals surface area contributed by atoms with Gasteiger partial charge in [0.1, 0.15) is 0 Å². The van der Waals surface area contributed by atoms with E-state index < -0.39 is 12.1 Å². The smallest absolute Gasteiger partial charge is 0.407 e. The molecule has 0 unspecified atom stereocenters. The van der Waals surface area contributed by atoms with Crippen molar-refractivity contribution in [1.29, 1.82) is 0 Å². The van der Waals surface area contributed by atoms with E-state index in [0.29, 0.717) is 6.61 Å². The van der Waals surface area contributed by atoms with Gasteiger partial charge in [0.25, 0.3) is 0 Å². The molecule has 0 atom stereocenters.